The number of esters is 4. The van der Waals surface area contributed by atoms with Gasteiger partial charge in [0.1, 0.15) is 18.8 Å². The molecule has 0 amide bonds. The Morgan fingerprint density at radius 2 is 1.18 bits per heavy atom. The molecule has 0 saturated heterocycles. The molecule has 0 unspecified atom stereocenters. The molecule has 0 atom stereocenters. The van der Waals surface area contributed by atoms with Gasteiger partial charge in [0, 0.05) is 62.1 Å². The van der Waals surface area contributed by atoms with Crippen molar-refractivity contribution in [3.8, 4) is 0 Å². The van der Waals surface area contributed by atoms with Crippen LogP contribution in [0.15, 0.2) is 0 Å². The zero-order chi connectivity index (χ0) is 30.5. The summed E-state index contributed by atoms with van der Waals surface area (Å²) in [7, 11) is 3.39. The van der Waals surface area contributed by atoms with E-state index in [-0.39, 0.29) is 93.4 Å². The van der Waals surface area contributed by atoms with Gasteiger partial charge in [0.25, 0.3) is 6.47 Å². The topological polar surface area (TPSA) is 212 Å². The summed E-state index contributed by atoms with van der Waals surface area (Å²) < 4.78 is 19.5. The molecule has 0 aliphatic rings. The van der Waals surface area contributed by atoms with Gasteiger partial charge in [0.2, 0.25) is 5.60 Å². The third kappa shape index (κ3) is 34.1. The first-order chi connectivity index (χ1) is 17.3. The van der Waals surface area contributed by atoms with Gasteiger partial charge in [-0.2, -0.15) is 0 Å². The monoisotopic (exact) mass is 921 g/mol. The maximum Gasteiger partial charge on any atom is 0.347 e. The number of nitrogens with two attached hydrogens (primary N) is 1. The number of hydrogen-bond acceptors (Lipinski definition) is 13. The Morgan fingerprint density at radius 1 is 0.800 bits per heavy atom. The molecule has 0 saturated carbocycles. The second-order valence-corrected chi connectivity index (χ2v) is 9.22. The minimum atomic E-state index is -1.57. The number of carbonyl (C=O) groups is 6. The fraction of sp³-hybridized carbons (Fsp3) is 0.739. The van der Waals surface area contributed by atoms with Gasteiger partial charge in [0.05, 0.1) is 19.6 Å². The number of carboxylic acid groups (broad SMARTS) is 2. The number of carboxylic acids is 1. The molecule has 0 aliphatic carbocycles. The molecule has 40 heavy (non-hydrogen) atoms. The molecule has 0 bridgehead atoms. The van der Waals surface area contributed by atoms with Crippen molar-refractivity contribution >= 4 is 36.3 Å². The van der Waals surface area contributed by atoms with Crippen LogP contribution in [0.1, 0.15) is 41.5 Å². The van der Waals surface area contributed by atoms with Gasteiger partial charge in [-0.3, -0.25) is 33.8 Å². The molecule has 0 aromatic carbocycles. The van der Waals surface area contributed by atoms with Crippen LogP contribution in [0.25, 0.3) is 0 Å². The quantitative estimate of drug-likeness (QED) is 0.119. The Hall–Kier alpha value is -1.92. The first kappa shape index (κ1) is 47.8. The number of carbonyl (C=O) groups excluding carboxylic acids is 4. The van der Waals surface area contributed by atoms with Crippen LogP contribution in [0.2, 0.25) is 0 Å². The largest absolute Gasteiger partial charge is 0.483 e. The molecule has 0 aromatic rings. The Labute approximate surface area is 263 Å². The van der Waals surface area contributed by atoms with Crippen molar-refractivity contribution in [1.82, 2.24) is 9.80 Å². The first-order valence-corrected chi connectivity index (χ1v) is 11.4. The molecular weight excluding hydrogens is 878 g/mol. The van der Waals surface area contributed by atoms with Crippen LogP contribution in [0.3, 0.4) is 0 Å². The number of aliphatic carboxylic acids is 1. The Kier molecular flexibility index (Phi) is 31.1. The van der Waals surface area contributed by atoms with Crippen molar-refractivity contribution in [2.24, 2.45) is 5.73 Å². The second-order valence-electron chi connectivity index (χ2n) is 9.22. The number of likely N-dealkylation sites (N-methyl/N-ethyl adjacent to an activating group) is 2. The van der Waals surface area contributed by atoms with E-state index in [0.717, 1.165) is 0 Å². The van der Waals surface area contributed by atoms with Crippen LogP contribution >= 0.6 is 0 Å². The summed E-state index contributed by atoms with van der Waals surface area (Å²) in [4.78, 5) is 66.5. The van der Waals surface area contributed by atoms with E-state index in [1.807, 2.05) is 20.8 Å². The molecule has 0 aromatic heterocycles. The third-order valence-electron chi connectivity index (χ3n) is 3.78. The van der Waals surface area contributed by atoms with Gasteiger partial charge in [-0.1, -0.05) is 0 Å². The van der Waals surface area contributed by atoms with Crippen LogP contribution in [0, 0.1) is 0 Å². The third-order valence-corrected chi connectivity index (χ3v) is 3.78. The molecule has 234 valence electrons. The molecule has 15 nitrogen and oxygen atoms in total. The van der Waals surface area contributed by atoms with E-state index in [4.69, 9.17) is 39.7 Å². The number of ether oxygens (including phenoxy) is 4. The molecule has 0 aliphatic heterocycles. The minimum absolute atomic E-state index is 0. The Balaban J connectivity index is -0.000000179. The molecule has 4 N–H and O–H groups in total. The van der Waals surface area contributed by atoms with Crippen LogP contribution in [0.5, 0.6) is 0 Å². The Morgan fingerprint density at radius 3 is 1.50 bits per heavy atom. The molecule has 0 heterocycles. The van der Waals surface area contributed by atoms with Crippen molar-refractivity contribution in [3.05, 3.63) is 0 Å². The fourth-order valence-electron chi connectivity index (χ4n) is 2.05. The van der Waals surface area contributed by atoms with Crippen molar-refractivity contribution in [2.75, 3.05) is 60.0 Å². The van der Waals surface area contributed by atoms with Crippen molar-refractivity contribution in [1.29, 1.82) is 0 Å². The molecule has 0 fully saturated rings. The van der Waals surface area contributed by atoms with E-state index in [1.165, 1.54) is 20.8 Å². The summed E-state index contributed by atoms with van der Waals surface area (Å²) >= 11 is 0. The summed E-state index contributed by atoms with van der Waals surface area (Å²) in [6, 6.07) is 0. The number of nitrogens with zero attached hydrogens (tertiary/aromatic N) is 2. The van der Waals surface area contributed by atoms with Crippen LogP contribution in [0.4, 0.5) is 0 Å². The van der Waals surface area contributed by atoms with Gasteiger partial charge >= 0.3 is 29.8 Å². The minimum Gasteiger partial charge on any atom is -0.483 e. The van der Waals surface area contributed by atoms with E-state index in [1.54, 1.807) is 23.9 Å². The zero-order valence-electron chi connectivity index (χ0n) is 24.3. The molecule has 0 radical (unpaired) electrons. The predicted molar refractivity (Wildman–Crippen MR) is 134 cm³/mol. The standard InChI is InChI=1S/C11H20N2O6.C11H21NO4.CH2O2.2W/c1-11(2,10(16)17)19-9(15)7-13(3)4-5-18-8(14)6-12;1-9(13)15-7-6-12(5)8-10(14)16-11(2,3)4;2-1-3;;/h4-7,12H2,1-3H3,(H,16,17);6-8H2,1-5H3;1H,(H,2,3);;. The summed E-state index contributed by atoms with van der Waals surface area (Å²) in [6.07, 6.45) is 0. The van der Waals surface area contributed by atoms with Gasteiger partial charge < -0.3 is 34.9 Å². The maximum absolute atomic E-state index is 11.5. The van der Waals surface area contributed by atoms with Crippen LogP contribution in [-0.4, -0.2) is 128 Å². The van der Waals surface area contributed by atoms with Crippen LogP contribution in [-0.2, 0) is 89.8 Å². The van der Waals surface area contributed by atoms with Crippen LogP contribution < -0.4 is 5.73 Å². The summed E-state index contributed by atoms with van der Waals surface area (Å²) in [5, 5.41) is 15.7. The normalized spacial score (nSPS) is 10.2. The smallest absolute Gasteiger partial charge is 0.347 e. The molecule has 0 spiro atoms. The van der Waals surface area contributed by atoms with Gasteiger partial charge in [-0.05, 0) is 48.7 Å². The number of rotatable bonds is 13. The Bertz CT molecular complexity index is 762. The van der Waals surface area contributed by atoms with Crippen molar-refractivity contribution in [3.63, 3.8) is 0 Å². The summed E-state index contributed by atoms with van der Waals surface area (Å²) in [6.45, 7) is 10.3. The average molecular weight is 921 g/mol. The molecule has 17 heteroatoms. The van der Waals surface area contributed by atoms with E-state index in [9.17, 15) is 24.0 Å². The van der Waals surface area contributed by atoms with Crippen molar-refractivity contribution < 1.29 is 100 Å². The first-order valence-electron chi connectivity index (χ1n) is 11.4. The van der Waals surface area contributed by atoms with Crippen molar-refractivity contribution in [2.45, 2.75) is 52.7 Å². The SMILES string of the molecule is CC(=O)OCCN(C)CC(=O)OC(C)(C)C.CN(CCOC(=O)CN)CC(=O)OC(C)(C)C(=O)O.O=CO.[W].[W]. The van der Waals surface area contributed by atoms with Gasteiger partial charge in [-0.25, -0.2) is 4.79 Å². The average Bonchev–Trinajstić information content (AvgIpc) is 2.72. The summed E-state index contributed by atoms with van der Waals surface area (Å²) in [5.74, 6) is -3.01. The summed E-state index contributed by atoms with van der Waals surface area (Å²) in [5.41, 5.74) is 3.02. The zero-order valence-corrected chi connectivity index (χ0v) is 30.2. The van der Waals surface area contributed by atoms with E-state index in [0.29, 0.717) is 13.1 Å². The maximum atomic E-state index is 11.5. The van der Waals surface area contributed by atoms with Gasteiger partial charge in [0.15, 0.2) is 0 Å². The predicted octanol–water partition coefficient (Wildman–Crippen LogP) is -0.655. The molecule has 0 rings (SSSR count). The molecular formula is C23H43N3O12W2. The van der Waals surface area contributed by atoms with E-state index in [2.05, 4.69) is 0 Å². The van der Waals surface area contributed by atoms with Gasteiger partial charge in [-0.15, -0.1) is 0 Å². The van der Waals surface area contributed by atoms with E-state index < -0.39 is 29.1 Å². The fourth-order valence-corrected chi connectivity index (χ4v) is 2.05. The second kappa shape index (κ2) is 26.0. The van der Waals surface area contributed by atoms with E-state index >= 15 is 0 Å². The number of hydrogen-bond donors (Lipinski definition) is 3.